The second-order valence-electron chi connectivity index (χ2n) is 9.68. The van der Waals surface area contributed by atoms with Gasteiger partial charge in [-0.1, -0.05) is 62.4 Å². The quantitative estimate of drug-likeness (QED) is 0.277. The van der Waals surface area contributed by atoms with E-state index in [1.165, 1.54) is 61.3 Å². The lowest BCUT2D eigenvalue weighted by Gasteiger charge is -2.27. The SMILES string of the molecule is [2H]C(C)(C)c1cc[n+](C)c(-c2c(C)c3c(c4c2Cc2ccccc2C4)-c2ccccc2C3)c1. The number of aryl methyl sites for hydroxylation is 1. The molecule has 0 radical (unpaired) electrons. The molecule has 1 heteroatoms. The van der Waals surface area contributed by atoms with Gasteiger partial charge in [0.05, 0.1) is 5.56 Å². The average molecular weight is 418 g/mol. The Kier molecular flexibility index (Phi) is 4.12. The van der Waals surface area contributed by atoms with E-state index in [9.17, 15) is 0 Å². The number of aromatic nitrogens is 1. The molecule has 158 valence electrons. The molecule has 0 unspecified atom stereocenters. The molecule has 0 spiro atoms. The van der Waals surface area contributed by atoms with Crippen LogP contribution in [0.15, 0.2) is 66.9 Å². The van der Waals surface area contributed by atoms with E-state index >= 15 is 0 Å². The monoisotopic (exact) mass is 417 g/mol. The van der Waals surface area contributed by atoms with Crippen molar-refractivity contribution < 1.29 is 5.94 Å². The molecular formula is C31H30N+. The van der Waals surface area contributed by atoms with Crippen molar-refractivity contribution in [2.75, 3.05) is 0 Å². The first-order valence-corrected chi connectivity index (χ1v) is 11.7. The van der Waals surface area contributed by atoms with Gasteiger partial charge >= 0.3 is 0 Å². The summed E-state index contributed by atoms with van der Waals surface area (Å²) in [6.45, 7) is 6.27. The largest absolute Gasteiger partial charge is 0.213 e. The fraction of sp³-hybridized carbons (Fsp3) is 0.258. The van der Waals surface area contributed by atoms with E-state index in [0.29, 0.717) is 0 Å². The van der Waals surface area contributed by atoms with Crippen molar-refractivity contribution in [3.8, 4) is 22.4 Å². The maximum atomic E-state index is 8.64. The third kappa shape index (κ3) is 2.80. The maximum absolute atomic E-state index is 8.64. The minimum Gasteiger partial charge on any atom is -0.201 e. The normalized spacial score (nSPS) is 14.3. The van der Waals surface area contributed by atoms with E-state index in [1.807, 2.05) is 13.8 Å². The fourth-order valence-corrected chi connectivity index (χ4v) is 5.85. The van der Waals surface area contributed by atoms with Crippen molar-refractivity contribution >= 4 is 0 Å². The lowest BCUT2D eigenvalue weighted by atomic mass is 9.76. The zero-order valence-corrected chi connectivity index (χ0v) is 19.4. The molecule has 1 heterocycles. The molecule has 0 fully saturated rings. The Morgan fingerprint density at radius 1 is 0.781 bits per heavy atom. The molecule has 2 aliphatic rings. The molecule has 2 aliphatic carbocycles. The van der Waals surface area contributed by atoms with Crippen molar-refractivity contribution in [2.45, 2.75) is 45.9 Å². The maximum Gasteiger partial charge on any atom is 0.213 e. The van der Waals surface area contributed by atoms with Crippen molar-refractivity contribution in [1.82, 2.24) is 0 Å². The first kappa shape index (κ1) is 18.4. The van der Waals surface area contributed by atoms with Crippen LogP contribution >= 0.6 is 0 Å². The van der Waals surface area contributed by atoms with Crippen LogP contribution in [0, 0.1) is 6.92 Å². The highest BCUT2D eigenvalue weighted by Crippen LogP contribution is 2.48. The molecule has 0 bridgehead atoms. The number of fused-ring (bicyclic) bond motifs is 6. The first-order chi connectivity index (χ1) is 15.8. The van der Waals surface area contributed by atoms with Crippen LogP contribution in [-0.4, -0.2) is 0 Å². The first-order valence-electron chi connectivity index (χ1n) is 12.2. The molecule has 0 saturated carbocycles. The molecular weight excluding hydrogens is 386 g/mol. The predicted octanol–water partition coefficient (Wildman–Crippen LogP) is 6.68. The summed E-state index contributed by atoms with van der Waals surface area (Å²) in [6.07, 6.45) is 5.09. The van der Waals surface area contributed by atoms with Gasteiger partial charge in [-0.25, -0.2) is 4.57 Å². The van der Waals surface area contributed by atoms with Crippen molar-refractivity contribution in [1.29, 1.82) is 0 Å². The third-order valence-corrected chi connectivity index (χ3v) is 7.59. The van der Waals surface area contributed by atoms with Crippen LogP contribution in [0.25, 0.3) is 22.4 Å². The lowest BCUT2D eigenvalue weighted by Crippen LogP contribution is -2.32. The van der Waals surface area contributed by atoms with Gasteiger partial charge < -0.3 is 0 Å². The molecule has 0 aliphatic heterocycles. The summed E-state index contributed by atoms with van der Waals surface area (Å²) in [5, 5.41) is 0. The summed E-state index contributed by atoms with van der Waals surface area (Å²) < 4.78 is 10.9. The summed E-state index contributed by atoms with van der Waals surface area (Å²) in [5.74, 6) is -0.628. The van der Waals surface area contributed by atoms with Gasteiger partial charge in [-0.2, -0.15) is 0 Å². The molecule has 0 saturated heterocycles. The molecule has 0 N–H and O–H groups in total. The Bertz CT molecular complexity index is 1440. The van der Waals surface area contributed by atoms with Gasteiger partial charge in [0.1, 0.15) is 7.05 Å². The molecule has 0 atom stereocenters. The number of pyridine rings is 1. The Balaban J connectivity index is 1.68. The molecule has 6 rings (SSSR count). The van der Waals surface area contributed by atoms with Crippen LogP contribution in [0.4, 0.5) is 0 Å². The lowest BCUT2D eigenvalue weighted by molar-refractivity contribution is -0.660. The fourth-order valence-electron chi connectivity index (χ4n) is 5.85. The molecule has 32 heavy (non-hydrogen) atoms. The zero-order chi connectivity index (χ0) is 22.9. The van der Waals surface area contributed by atoms with E-state index < -0.39 is 5.89 Å². The van der Waals surface area contributed by atoms with Gasteiger partial charge in [0.25, 0.3) is 0 Å². The molecule has 1 aromatic heterocycles. The summed E-state index contributed by atoms with van der Waals surface area (Å²) in [5.41, 5.74) is 16.8. The predicted molar refractivity (Wildman–Crippen MR) is 132 cm³/mol. The average Bonchev–Trinajstić information content (AvgIpc) is 3.19. The van der Waals surface area contributed by atoms with Gasteiger partial charge in [0.2, 0.25) is 5.69 Å². The molecule has 4 aromatic rings. The topological polar surface area (TPSA) is 3.88 Å². The van der Waals surface area contributed by atoms with Crippen LogP contribution in [0.2, 0.25) is 0 Å². The minimum absolute atomic E-state index is 0.628. The number of hydrogen-bond donors (Lipinski definition) is 0. The molecule has 0 amide bonds. The van der Waals surface area contributed by atoms with Crippen LogP contribution in [0.1, 0.15) is 65.6 Å². The summed E-state index contributed by atoms with van der Waals surface area (Å²) in [4.78, 5) is 0. The van der Waals surface area contributed by atoms with E-state index in [4.69, 9.17) is 1.37 Å². The highest BCUT2D eigenvalue weighted by Gasteiger charge is 2.33. The molecule has 3 aromatic carbocycles. The van der Waals surface area contributed by atoms with Crippen LogP contribution in [-0.2, 0) is 26.3 Å². The van der Waals surface area contributed by atoms with Gasteiger partial charge in [-0.3, -0.25) is 0 Å². The number of rotatable bonds is 2. The summed E-state index contributed by atoms with van der Waals surface area (Å²) >= 11 is 0. The second kappa shape index (κ2) is 7.17. The minimum atomic E-state index is -0.628. The smallest absolute Gasteiger partial charge is 0.201 e. The van der Waals surface area contributed by atoms with E-state index in [0.717, 1.165) is 24.8 Å². The Morgan fingerprint density at radius 3 is 2.06 bits per heavy atom. The van der Waals surface area contributed by atoms with Gasteiger partial charge in [0, 0.05) is 13.5 Å². The van der Waals surface area contributed by atoms with E-state index in [-0.39, 0.29) is 0 Å². The number of hydrogen-bond acceptors (Lipinski definition) is 0. The standard InChI is InChI=1S/C31H30N/c1-19(2)21-13-14-32(4)29(18-21)30-20(3)26-17-24-11-7-8-12-25(24)31(26)28-16-23-10-6-5-9-22(23)15-27(28)30/h5-14,18-19H,15-17H2,1-4H3/q+1/i19D. The summed E-state index contributed by atoms with van der Waals surface area (Å²) in [7, 11) is 2.14. The van der Waals surface area contributed by atoms with Crippen molar-refractivity contribution in [2.24, 2.45) is 7.05 Å². The van der Waals surface area contributed by atoms with Crippen molar-refractivity contribution in [3.05, 3.63) is 111 Å². The highest BCUT2D eigenvalue weighted by molar-refractivity contribution is 5.88. The molecule has 1 nitrogen and oxygen atoms in total. The third-order valence-electron chi connectivity index (χ3n) is 7.59. The van der Waals surface area contributed by atoms with Gasteiger partial charge in [0.15, 0.2) is 6.20 Å². The van der Waals surface area contributed by atoms with Gasteiger partial charge in [-0.15, -0.1) is 0 Å². The number of nitrogens with zero attached hydrogens (tertiary/aromatic N) is 1. The van der Waals surface area contributed by atoms with Crippen LogP contribution in [0.5, 0.6) is 0 Å². The highest BCUT2D eigenvalue weighted by atomic mass is 14.9. The zero-order valence-electron chi connectivity index (χ0n) is 20.4. The van der Waals surface area contributed by atoms with Crippen molar-refractivity contribution in [3.63, 3.8) is 0 Å². The van der Waals surface area contributed by atoms with E-state index in [1.54, 1.807) is 0 Å². The second-order valence-corrected chi connectivity index (χ2v) is 9.68. The summed E-state index contributed by atoms with van der Waals surface area (Å²) in [6, 6.07) is 22.2. The van der Waals surface area contributed by atoms with E-state index in [2.05, 4.69) is 85.4 Å². The van der Waals surface area contributed by atoms with Crippen LogP contribution < -0.4 is 4.57 Å². The Morgan fingerprint density at radius 2 is 1.38 bits per heavy atom. The van der Waals surface area contributed by atoms with Gasteiger partial charge in [-0.05, 0) is 87.7 Å². The number of benzene rings is 3. The Labute approximate surface area is 192 Å². The van der Waals surface area contributed by atoms with Crippen LogP contribution in [0.3, 0.4) is 0 Å². The Hall–Kier alpha value is -3.19.